The van der Waals surface area contributed by atoms with Crippen molar-refractivity contribution < 1.29 is 30.0 Å². The van der Waals surface area contributed by atoms with Gasteiger partial charge in [-0.3, -0.25) is 4.79 Å². The molecular formula is C38H48IrNO2S-. The van der Waals surface area contributed by atoms with Gasteiger partial charge in [0.15, 0.2) is 5.78 Å². The molecule has 0 amide bonds. The molecule has 0 saturated heterocycles. The summed E-state index contributed by atoms with van der Waals surface area (Å²) in [7, 11) is 0. The quantitative estimate of drug-likeness (QED) is 0.128. The molecule has 2 heterocycles. The molecule has 2 aromatic carbocycles. The Morgan fingerprint density at radius 2 is 1.74 bits per heavy atom. The first-order valence-electron chi connectivity index (χ1n) is 15.2. The monoisotopic (exact) mass is 775 g/mol. The number of hydrogen-bond acceptors (Lipinski definition) is 4. The van der Waals surface area contributed by atoms with Gasteiger partial charge in [-0.05, 0) is 89.5 Å². The van der Waals surface area contributed by atoms with Crippen LogP contribution in [0.2, 0.25) is 0 Å². The number of hydrogen-bond donors (Lipinski definition) is 1. The number of aliphatic hydroxyl groups excluding tert-OH is 1. The van der Waals surface area contributed by atoms with E-state index >= 15 is 0 Å². The van der Waals surface area contributed by atoms with E-state index < -0.39 is 0 Å². The van der Waals surface area contributed by atoms with Crippen molar-refractivity contribution in [1.29, 1.82) is 0 Å². The van der Waals surface area contributed by atoms with Crippen LogP contribution >= 0.6 is 11.3 Å². The number of pyridine rings is 1. The van der Waals surface area contributed by atoms with Gasteiger partial charge in [0.2, 0.25) is 0 Å². The van der Waals surface area contributed by atoms with Crippen LogP contribution < -0.4 is 0 Å². The van der Waals surface area contributed by atoms with Crippen LogP contribution in [0.25, 0.3) is 31.4 Å². The average molecular weight is 775 g/mol. The van der Waals surface area contributed by atoms with Crippen LogP contribution in [0.15, 0.2) is 48.4 Å². The van der Waals surface area contributed by atoms with Gasteiger partial charge >= 0.3 is 0 Å². The molecule has 2 aromatic heterocycles. The van der Waals surface area contributed by atoms with Crippen LogP contribution in [0.3, 0.4) is 0 Å². The second-order valence-corrected chi connectivity index (χ2v) is 15.8. The Balaban J connectivity index is 0.000000567. The molecule has 1 aliphatic carbocycles. The van der Waals surface area contributed by atoms with E-state index in [9.17, 15) is 4.79 Å². The zero-order chi connectivity index (χ0) is 31.2. The summed E-state index contributed by atoms with van der Waals surface area (Å²) in [6.45, 7) is 24.2. The van der Waals surface area contributed by atoms with Crippen LogP contribution in [-0.4, -0.2) is 15.9 Å². The maximum Gasteiger partial charge on any atom is 0.155 e. The van der Waals surface area contributed by atoms with Gasteiger partial charge in [0, 0.05) is 52.9 Å². The SMILES string of the molecule is CC(=O)/C=C(/C)O.CC(C)Cc1c2c(cc3sc4c(-c5[c-]ccc(C(C)(C)C)c5)nccc4c13)C(C)(C)CCC2(C)C.[Ir]. The Morgan fingerprint density at radius 3 is 2.30 bits per heavy atom. The molecule has 0 fully saturated rings. The molecule has 233 valence electrons. The molecule has 0 bridgehead atoms. The largest absolute Gasteiger partial charge is 0.512 e. The molecule has 0 spiro atoms. The maximum absolute atomic E-state index is 10.0. The van der Waals surface area contributed by atoms with Crippen molar-refractivity contribution in [3.05, 3.63) is 76.7 Å². The molecule has 1 radical (unpaired) electrons. The Morgan fingerprint density at radius 1 is 1.09 bits per heavy atom. The van der Waals surface area contributed by atoms with Crippen molar-refractivity contribution in [2.45, 2.75) is 112 Å². The number of fused-ring (bicyclic) bond motifs is 4. The Kier molecular flexibility index (Phi) is 10.6. The number of allylic oxidation sites excluding steroid dienone is 2. The third-order valence-electron chi connectivity index (χ3n) is 8.51. The van der Waals surface area contributed by atoms with E-state index in [0.717, 1.165) is 17.7 Å². The second kappa shape index (κ2) is 13.0. The summed E-state index contributed by atoms with van der Waals surface area (Å²) in [6, 6.07) is 14.8. The maximum atomic E-state index is 10.0. The summed E-state index contributed by atoms with van der Waals surface area (Å²) in [5.74, 6) is 0.547. The minimum atomic E-state index is -0.125. The van der Waals surface area contributed by atoms with E-state index in [1.165, 1.54) is 58.5 Å². The molecule has 0 saturated carbocycles. The van der Waals surface area contributed by atoms with Gasteiger partial charge in [-0.15, -0.1) is 46.7 Å². The van der Waals surface area contributed by atoms with Gasteiger partial charge in [0.25, 0.3) is 0 Å². The van der Waals surface area contributed by atoms with Gasteiger partial charge in [-0.1, -0.05) is 62.3 Å². The molecule has 0 unspecified atom stereocenters. The number of carbonyl (C=O) groups is 1. The van der Waals surface area contributed by atoms with Crippen molar-refractivity contribution in [2.75, 3.05) is 0 Å². The van der Waals surface area contributed by atoms with E-state index in [4.69, 9.17) is 10.1 Å². The molecule has 4 aromatic rings. The van der Waals surface area contributed by atoms with Gasteiger partial charge in [-0.25, -0.2) is 0 Å². The number of benzene rings is 2. The number of ketones is 1. The van der Waals surface area contributed by atoms with Crippen LogP contribution in [-0.2, 0) is 47.6 Å². The van der Waals surface area contributed by atoms with E-state index in [1.807, 2.05) is 17.5 Å². The molecular weight excluding hydrogens is 727 g/mol. The molecule has 0 atom stereocenters. The zero-order valence-corrected chi connectivity index (χ0v) is 31.0. The predicted molar refractivity (Wildman–Crippen MR) is 181 cm³/mol. The molecule has 5 heteroatoms. The number of thiophene rings is 1. The van der Waals surface area contributed by atoms with E-state index in [1.54, 1.807) is 16.7 Å². The summed E-state index contributed by atoms with van der Waals surface area (Å²) in [5, 5.41) is 11.2. The number of carbonyl (C=O) groups excluding carboxylic acids is 1. The molecule has 1 N–H and O–H groups in total. The fraction of sp³-hybridized carbons (Fsp3) is 0.474. The normalized spacial score (nSPS) is 16.0. The van der Waals surface area contributed by atoms with Crippen molar-refractivity contribution in [1.82, 2.24) is 4.98 Å². The van der Waals surface area contributed by atoms with Crippen LogP contribution in [0, 0.1) is 12.0 Å². The fourth-order valence-corrected chi connectivity index (χ4v) is 7.58. The first kappa shape index (κ1) is 35.2. The van der Waals surface area contributed by atoms with Crippen molar-refractivity contribution in [3.8, 4) is 11.3 Å². The van der Waals surface area contributed by atoms with Gasteiger partial charge in [0.1, 0.15) is 0 Å². The number of nitrogens with zero attached hydrogens (tertiary/aromatic N) is 1. The Bertz CT molecular complexity index is 1660. The second-order valence-electron chi connectivity index (χ2n) is 14.8. The topological polar surface area (TPSA) is 50.2 Å². The van der Waals surface area contributed by atoms with E-state index in [2.05, 4.69) is 98.7 Å². The first-order chi connectivity index (χ1) is 19.4. The van der Waals surface area contributed by atoms with Crippen molar-refractivity contribution >= 4 is 37.3 Å². The Labute approximate surface area is 276 Å². The van der Waals surface area contributed by atoms with Crippen molar-refractivity contribution in [2.24, 2.45) is 5.92 Å². The summed E-state index contributed by atoms with van der Waals surface area (Å²) < 4.78 is 2.72. The smallest absolute Gasteiger partial charge is 0.155 e. The molecule has 5 rings (SSSR count). The third kappa shape index (κ3) is 7.49. The van der Waals surface area contributed by atoms with Crippen LogP contribution in [0.5, 0.6) is 0 Å². The van der Waals surface area contributed by atoms with E-state index in [-0.39, 0.29) is 47.9 Å². The minimum Gasteiger partial charge on any atom is -0.512 e. The summed E-state index contributed by atoms with van der Waals surface area (Å²) in [5.41, 5.74) is 8.77. The molecule has 1 aliphatic rings. The fourth-order valence-electron chi connectivity index (χ4n) is 6.31. The van der Waals surface area contributed by atoms with E-state index in [0.29, 0.717) is 5.92 Å². The summed E-state index contributed by atoms with van der Waals surface area (Å²) >= 11 is 1.93. The Hall–Kier alpha value is -2.33. The minimum absolute atomic E-state index is 0. The number of rotatable bonds is 4. The molecule has 3 nitrogen and oxygen atoms in total. The van der Waals surface area contributed by atoms with Gasteiger partial charge in [0.05, 0.1) is 5.76 Å². The van der Waals surface area contributed by atoms with Crippen LogP contribution in [0.4, 0.5) is 0 Å². The predicted octanol–water partition coefficient (Wildman–Crippen LogP) is 10.8. The van der Waals surface area contributed by atoms with Gasteiger partial charge in [-0.2, -0.15) is 0 Å². The first-order valence-corrected chi connectivity index (χ1v) is 16.0. The summed E-state index contributed by atoms with van der Waals surface area (Å²) in [4.78, 5) is 14.9. The summed E-state index contributed by atoms with van der Waals surface area (Å²) in [6.07, 6.45) is 6.78. The zero-order valence-electron chi connectivity index (χ0n) is 27.8. The van der Waals surface area contributed by atoms with Gasteiger partial charge < -0.3 is 10.1 Å². The number of aromatic nitrogens is 1. The molecule has 43 heavy (non-hydrogen) atoms. The molecule has 0 aliphatic heterocycles. The van der Waals surface area contributed by atoms with Crippen molar-refractivity contribution in [3.63, 3.8) is 0 Å². The third-order valence-corrected chi connectivity index (χ3v) is 9.67. The average Bonchev–Trinajstić information content (AvgIpc) is 3.24. The van der Waals surface area contributed by atoms with Crippen LogP contribution in [0.1, 0.15) is 111 Å². The standard InChI is InChI=1S/C33H40NS.C5H8O2.Ir/c1-20(2)17-24-27-23-13-16-34-29(21-11-10-12-22(18-21)31(3,4)5)30(23)35-26(27)19-25-28(24)33(8,9)15-14-32(25,6)7;1-4(6)3-5(2)7;/h10,12-13,16,18-20H,14-15,17H2,1-9H3;3,6H,1-2H3;/q-1;;/b;4-3-;. The number of aliphatic hydroxyl groups is 1.